The number of ether oxygens (including phenoxy) is 6. The molecule has 0 bridgehead atoms. The molecule has 4 amide bonds. The monoisotopic (exact) mass is 1570 g/mol. The summed E-state index contributed by atoms with van der Waals surface area (Å²) in [7, 11) is 0. The topological polar surface area (TPSA) is 240 Å². The zero-order valence-electron chi connectivity index (χ0n) is 50.2. The minimum absolute atomic E-state index is 0. The van der Waals surface area contributed by atoms with E-state index in [0.29, 0.717) is 90.4 Å². The Morgan fingerprint density at radius 3 is 1.37 bits per heavy atom. The van der Waals surface area contributed by atoms with Crippen molar-refractivity contribution in [1.29, 1.82) is 0 Å². The number of ketones is 1. The summed E-state index contributed by atoms with van der Waals surface area (Å²) in [5, 5.41) is 1.99. The van der Waals surface area contributed by atoms with E-state index in [0.717, 1.165) is 0 Å². The molecule has 1 aliphatic heterocycles. The number of carbonyl (C=O) groups excluding carboxylic acids is 8. The van der Waals surface area contributed by atoms with Gasteiger partial charge in [0.2, 0.25) is 5.24 Å². The van der Waals surface area contributed by atoms with E-state index < -0.39 is 34.9 Å². The van der Waals surface area contributed by atoms with Crippen LogP contribution in [0.5, 0.6) is 0 Å². The van der Waals surface area contributed by atoms with Crippen molar-refractivity contribution in [2.24, 2.45) is 5.73 Å². The van der Waals surface area contributed by atoms with Crippen LogP contribution in [-0.2, 0) is 206 Å². The van der Waals surface area contributed by atoms with E-state index in [-0.39, 0.29) is 208 Å². The quantitative estimate of drug-likeness (QED) is 0.0216. The molecule has 0 spiro atoms. The van der Waals surface area contributed by atoms with Crippen molar-refractivity contribution in [3.8, 4) is 0 Å². The van der Waals surface area contributed by atoms with Crippen LogP contribution in [0.25, 0.3) is 0 Å². The van der Waals surface area contributed by atoms with Crippen LogP contribution in [0.1, 0.15) is 102 Å². The number of carbonyl (C=O) groups is 8. The average molecular weight is 1580 g/mol. The Bertz CT molecular complexity index is 1950. The maximum absolute atomic E-state index is 11.7. The van der Waals surface area contributed by atoms with Crippen LogP contribution in [0, 0.1) is 60.8 Å². The maximum Gasteiger partial charge on any atom is 0.410 e. The van der Waals surface area contributed by atoms with Gasteiger partial charge in [-0.3, -0.25) is 20.6 Å². The van der Waals surface area contributed by atoms with Gasteiger partial charge in [0, 0.05) is 208 Å². The predicted octanol–water partition coefficient (Wildman–Crippen LogP) is 9.92. The number of amides is 4. The normalized spacial score (nSPS) is 11.3. The van der Waals surface area contributed by atoms with Crippen LogP contribution in [0.4, 0.5) is 24.0 Å². The Kier molecular flexibility index (Phi) is 103. The SMILES string of the molecule is CCOC(=O)Cl.C[C-]=CC1=[C-]CCN(C(=O)OCC)CC1=O.C[C-]=CC=[C-]CCN(CC(=O)Cl)C(=O)OCC.C[C-]=CC=[C-]CCN(CC(=O)OCC)C(=O)OCC.C[C-]=CC=[C-]CCNC(=O)OCC.C[C-]=CC=[C-]CN.[Y].[Y].[Y].[Y].[Y]. The number of nitrogens with zero attached hydrogens (tertiary/aromatic N) is 3. The van der Waals surface area contributed by atoms with Crippen LogP contribution in [0.15, 0.2) is 60.3 Å². The number of hydrogen-bond acceptors (Lipinski definition) is 15. The van der Waals surface area contributed by atoms with Crippen molar-refractivity contribution in [3.05, 3.63) is 121 Å². The molecule has 5 radical (unpaired) electrons. The van der Waals surface area contributed by atoms with Gasteiger partial charge in [0.15, 0.2) is 0 Å². The number of allylic oxidation sites excluding steroid dienone is 14. The van der Waals surface area contributed by atoms with Crippen LogP contribution in [0.3, 0.4) is 0 Å². The first kappa shape index (κ1) is 104. The van der Waals surface area contributed by atoms with E-state index in [1.807, 2.05) is 13.8 Å². The zero-order chi connectivity index (χ0) is 60.0. The number of nitrogens with two attached hydrogens (primary N) is 1. The minimum Gasteiger partial charge on any atom is -0.465 e. The molecule has 0 aliphatic carbocycles. The van der Waals surface area contributed by atoms with Gasteiger partial charge < -0.3 is 169 Å². The summed E-state index contributed by atoms with van der Waals surface area (Å²) in [6.45, 7) is 23.1. The van der Waals surface area contributed by atoms with E-state index in [1.54, 1.807) is 117 Å². The van der Waals surface area contributed by atoms with Gasteiger partial charge in [0.25, 0.3) is 0 Å². The van der Waals surface area contributed by atoms with Crippen LogP contribution in [-0.4, -0.2) is 153 Å². The summed E-state index contributed by atoms with van der Waals surface area (Å²) < 4.78 is 28.2. The van der Waals surface area contributed by atoms with Gasteiger partial charge in [0.05, 0.1) is 46.2 Å². The molecule has 0 unspecified atom stereocenters. The first-order valence-electron chi connectivity index (χ1n) is 24.8. The number of nitrogens with one attached hydrogen (secondary N) is 1. The van der Waals surface area contributed by atoms with Gasteiger partial charge in [-0.1, -0.05) is 13.0 Å². The Labute approximate surface area is 632 Å². The largest absolute Gasteiger partial charge is 0.465 e. The smallest absolute Gasteiger partial charge is 0.410 e. The summed E-state index contributed by atoms with van der Waals surface area (Å²) in [6.07, 6.45) is 44.5. The summed E-state index contributed by atoms with van der Waals surface area (Å²) in [5.41, 5.74) is 4.84. The summed E-state index contributed by atoms with van der Waals surface area (Å²) in [5.74, 6) is -0.568. The molecule has 0 aromatic rings. The summed E-state index contributed by atoms with van der Waals surface area (Å²) in [4.78, 5) is 92.7. The fourth-order valence-corrected chi connectivity index (χ4v) is 4.89. The maximum atomic E-state index is 11.7. The summed E-state index contributed by atoms with van der Waals surface area (Å²) in [6, 6.07) is 0. The molecule has 1 aliphatic rings. The molecule has 26 heteroatoms. The average Bonchev–Trinajstić information content (AvgIpc) is 3.58. The molecule has 3 N–H and O–H groups in total. The van der Waals surface area contributed by atoms with Crippen molar-refractivity contribution >= 4 is 70.0 Å². The van der Waals surface area contributed by atoms with E-state index in [2.05, 4.69) is 75.6 Å². The van der Waals surface area contributed by atoms with Gasteiger partial charge in [-0.2, -0.15) is 0 Å². The third kappa shape index (κ3) is 78.8. The molecule has 0 aromatic carbocycles. The van der Waals surface area contributed by atoms with E-state index in [1.165, 1.54) is 14.7 Å². The minimum atomic E-state index is -0.738. The van der Waals surface area contributed by atoms with Gasteiger partial charge in [-0.05, 0) is 58.9 Å². The Morgan fingerprint density at radius 1 is 0.578 bits per heavy atom. The van der Waals surface area contributed by atoms with E-state index in [4.69, 9.17) is 47.9 Å². The molecule has 1 rings (SSSR count). The Balaban J connectivity index is -0.0000000983. The molecule has 457 valence electrons. The molecule has 0 atom stereocenters. The molecule has 0 aromatic heterocycles. The molecular formula is C57H81Cl2N5O14Y5-10. The standard InChI is InChI=1S/C14H21NO4.C12H16ClNO3.C12H15NO3.C10H15NO2.C6H9N.C3H5ClO2.5Y/c1-4-7-8-9-10-11-15(14(17)19-6-3)12-13(16)18-5-2;1-3-5-6-7-8-9-14(10-11(13)15)12(16)17-4-2;1-3-6-10-7-5-8-13(9-11(10)14)12(15)16-4-2;1-3-5-6-7-8-9-11-10(12)13-4-2;1-2-3-4-5-6-7;1-2-6-3(4)5;;;;;/h7-8H,5-6,10-12H2,1-3H3;5-6H,4,8-10H2,1-2H3;6H,4-5,8-9H2,1-2H3;5-6H,4,8-9H2,1-2H3,(H,11,12);3-4H,6-7H2,1H3;2H2,1H3;;;;;/q5*-2;;;;;;. The third-order valence-corrected chi connectivity index (χ3v) is 8.08. The fraction of sp³-hybridized carbons (Fsp3) is 0.509. The Morgan fingerprint density at radius 2 is 1.00 bits per heavy atom. The van der Waals surface area contributed by atoms with Gasteiger partial charge in [0.1, 0.15) is 6.54 Å². The van der Waals surface area contributed by atoms with Crippen molar-refractivity contribution in [2.45, 2.75) is 102 Å². The van der Waals surface area contributed by atoms with Gasteiger partial charge >= 0.3 is 35.8 Å². The third-order valence-electron chi connectivity index (χ3n) is 7.85. The van der Waals surface area contributed by atoms with Crippen LogP contribution >= 0.6 is 23.2 Å². The summed E-state index contributed by atoms with van der Waals surface area (Å²) >= 11 is 9.96. The van der Waals surface area contributed by atoms with Crippen LogP contribution in [0.2, 0.25) is 0 Å². The fourth-order valence-electron chi connectivity index (χ4n) is 4.64. The second kappa shape index (κ2) is 82.9. The number of rotatable bonds is 25. The van der Waals surface area contributed by atoms with Gasteiger partial charge in [-0.25, -0.2) is 24.0 Å². The van der Waals surface area contributed by atoms with Crippen LogP contribution < -0.4 is 11.1 Å². The molecule has 0 saturated heterocycles. The molecule has 19 nitrogen and oxygen atoms in total. The molecule has 1 heterocycles. The number of alkyl carbamates (subject to hydrolysis) is 1. The molecule has 0 fully saturated rings. The number of hydrogen-bond donors (Lipinski definition) is 2. The van der Waals surface area contributed by atoms with Gasteiger partial charge in [-0.15, -0.1) is 53.9 Å². The zero-order valence-corrected chi connectivity index (χ0v) is 65.9. The molecular weight excluding hydrogens is 1490 g/mol. The second-order valence-corrected chi connectivity index (χ2v) is 14.5. The van der Waals surface area contributed by atoms with Crippen molar-refractivity contribution in [3.63, 3.8) is 0 Å². The van der Waals surface area contributed by atoms with E-state index >= 15 is 0 Å². The Hall–Kier alpha value is -1.18. The number of halogens is 2. The molecule has 0 saturated carbocycles. The molecule has 83 heavy (non-hydrogen) atoms. The second-order valence-electron chi connectivity index (χ2n) is 13.8. The first-order valence-corrected chi connectivity index (χ1v) is 25.6. The van der Waals surface area contributed by atoms with Crippen molar-refractivity contribution in [1.82, 2.24) is 20.0 Å². The van der Waals surface area contributed by atoms with Crippen molar-refractivity contribution in [2.75, 3.05) is 92.0 Å². The predicted molar refractivity (Wildman–Crippen MR) is 299 cm³/mol. The first-order chi connectivity index (χ1) is 37.4. The van der Waals surface area contributed by atoms with Crippen molar-refractivity contribution < 1.29 is 230 Å². The number of esters is 1. The number of Topliss-reactive ketones (excluding diaryl/α,β-unsaturated/α-hetero) is 1. The van der Waals surface area contributed by atoms with E-state index in [9.17, 15) is 38.4 Å².